The molecule has 0 saturated carbocycles. The van der Waals surface area contributed by atoms with Crippen molar-refractivity contribution in [1.29, 1.82) is 0 Å². The highest BCUT2D eigenvalue weighted by atomic mass is 32.2. The number of fused-ring (bicyclic) bond motifs is 1. The van der Waals surface area contributed by atoms with Gasteiger partial charge in [-0.25, -0.2) is 13.2 Å². The third kappa shape index (κ3) is 5.79. The zero-order chi connectivity index (χ0) is 29.9. The zero-order valence-corrected chi connectivity index (χ0v) is 24.5. The Hall–Kier alpha value is -4.11. The maximum absolute atomic E-state index is 13.7. The Labute approximate surface area is 245 Å². The minimum absolute atomic E-state index is 0.0610. The van der Waals surface area contributed by atoms with Crippen molar-refractivity contribution in [3.63, 3.8) is 0 Å². The summed E-state index contributed by atoms with van der Waals surface area (Å²) in [5.41, 5.74) is -0.0547. The van der Waals surface area contributed by atoms with Crippen molar-refractivity contribution in [1.82, 2.24) is 14.1 Å². The van der Waals surface area contributed by atoms with Crippen LogP contribution in [-0.2, 0) is 19.5 Å². The summed E-state index contributed by atoms with van der Waals surface area (Å²) in [5.74, 6) is -0.668. The maximum atomic E-state index is 13.7. The van der Waals surface area contributed by atoms with E-state index in [1.54, 1.807) is 36.6 Å². The lowest BCUT2D eigenvalue weighted by molar-refractivity contribution is 0.0519. The van der Waals surface area contributed by atoms with Gasteiger partial charge in [-0.15, -0.1) is 11.3 Å². The number of carbonyl (C=O) groups excluding carboxylic acids is 2. The van der Waals surface area contributed by atoms with Gasteiger partial charge < -0.3 is 19.5 Å². The molecule has 1 aliphatic heterocycles. The van der Waals surface area contributed by atoms with E-state index >= 15 is 0 Å². The van der Waals surface area contributed by atoms with Crippen LogP contribution in [0.2, 0.25) is 0 Å². The highest BCUT2D eigenvalue weighted by Gasteiger charge is 2.27. The van der Waals surface area contributed by atoms with Gasteiger partial charge in [-0.05, 0) is 62.4 Å². The summed E-state index contributed by atoms with van der Waals surface area (Å²) >= 11 is 1.06. The summed E-state index contributed by atoms with van der Waals surface area (Å²) in [6.45, 7) is 5.25. The van der Waals surface area contributed by atoms with E-state index in [0.29, 0.717) is 31.3 Å². The molecule has 1 amide bonds. The summed E-state index contributed by atoms with van der Waals surface area (Å²) in [7, 11) is -3.72. The average Bonchev–Trinajstić information content (AvgIpc) is 3.42. The van der Waals surface area contributed by atoms with Gasteiger partial charge in [0, 0.05) is 29.4 Å². The fraction of sp³-hybridized carbons (Fsp3) is 0.286. The minimum atomic E-state index is -3.72. The number of carbonyl (C=O) groups is 2. The highest BCUT2D eigenvalue weighted by molar-refractivity contribution is 7.89. The minimum Gasteiger partial charge on any atom is -0.494 e. The van der Waals surface area contributed by atoms with E-state index < -0.39 is 27.5 Å². The summed E-state index contributed by atoms with van der Waals surface area (Å²) in [6.07, 6.45) is 0. The van der Waals surface area contributed by atoms with E-state index in [0.717, 1.165) is 16.0 Å². The number of anilines is 1. The molecule has 12 nitrogen and oxygen atoms in total. The van der Waals surface area contributed by atoms with Crippen LogP contribution >= 0.6 is 11.3 Å². The number of amides is 1. The predicted octanol–water partition coefficient (Wildman–Crippen LogP) is 3.30. The monoisotopic (exact) mass is 612 g/mol. The van der Waals surface area contributed by atoms with Gasteiger partial charge in [0.2, 0.25) is 10.0 Å². The second kappa shape index (κ2) is 12.4. The smallest absolute Gasteiger partial charge is 0.359 e. The van der Waals surface area contributed by atoms with Gasteiger partial charge >= 0.3 is 5.97 Å². The Morgan fingerprint density at radius 1 is 1.02 bits per heavy atom. The molecule has 0 unspecified atom stereocenters. The lowest BCUT2D eigenvalue weighted by atomic mass is 10.2. The molecule has 220 valence electrons. The number of nitrogens with one attached hydrogen (secondary N) is 1. The first-order valence-corrected chi connectivity index (χ1v) is 15.5. The number of morpholine rings is 1. The van der Waals surface area contributed by atoms with Crippen LogP contribution in [0.25, 0.3) is 16.5 Å². The number of thiophene rings is 1. The SMILES string of the molecule is CCOC(=O)c1nn(-c2ccc(OCC)cc2)c(=O)c2c(NC(=O)c3ccc(S(=O)(=O)N4CCOCC4)cc3)scc12. The summed E-state index contributed by atoms with van der Waals surface area (Å²) in [6, 6.07) is 12.2. The Morgan fingerprint density at radius 3 is 2.36 bits per heavy atom. The number of hydrogen-bond donors (Lipinski definition) is 1. The predicted molar refractivity (Wildman–Crippen MR) is 156 cm³/mol. The molecule has 5 rings (SSSR count). The molecule has 1 aliphatic rings. The molecule has 0 radical (unpaired) electrons. The van der Waals surface area contributed by atoms with Gasteiger partial charge in [0.15, 0.2) is 5.69 Å². The van der Waals surface area contributed by atoms with Crippen LogP contribution in [0.4, 0.5) is 5.00 Å². The number of benzene rings is 2. The molecule has 0 spiro atoms. The third-order valence-electron chi connectivity index (χ3n) is 6.46. The highest BCUT2D eigenvalue weighted by Crippen LogP contribution is 2.31. The zero-order valence-electron chi connectivity index (χ0n) is 22.9. The average molecular weight is 613 g/mol. The van der Waals surface area contributed by atoms with Crippen LogP contribution in [0, 0.1) is 0 Å². The lowest BCUT2D eigenvalue weighted by Crippen LogP contribution is -2.40. The second-order valence-corrected chi connectivity index (χ2v) is 11.9. The molecule has 14 heteroatoms. The van der Waals surface area contributed by atoms with Gasteiger partial charge in [-0.3, -0.25) is 9.59 Å². The Balaban J connectivity index is 1.48. The molecule has 2 aromatic carbocycles. The summed E-state index contributed by atoms with van der Waals surface area (Å²) in [4.78, 5) is 39.7. The number of rotatable bonds is 9. The van der Waals surface area contributed by atoms with E-state index in [-0.39, 0.29) is 51.6 Å². The summed E-state index contributed by atoms with van der Waals surface area (Å²) < 4.78 is 44.2. The summed E-state index contributed by atoms with van der Waals surface area (Å²) in [5, 5.41) is 9.14. The maximum Gasteiger partial charge on any atom is 0.359 e. The lowest BCUT2D eigenvalue weighted by Gasteiger charge is -2.26. The van der Waals surface area contributed by atoms with Gasteiger partial charge in [0.1, 0.15) is 10.8 Å². The first-order chi connectivity index (χ1) is 20.2. The topological polar surface area (TPSA) is 146 Å². The second-order valence-electron chi connectivity index (χ2n) is 9.06. The van der Waals surface area contributed by atoms with Crippen molar-refractivity contribution in [3.05, 3.63) is 75.5 Å². The Bertz CT molecular complexity index is 1780. The molecule has 3 heterocycles. The largest absolute Gasteiger partial charge is 0.494 e. The molecule has 1 fully saturated rings. The van der Waals surface area contributed by atoms with Crippen LogP contribution in [0.15, 0.2) is 63.6 Å². The van der Waals surface area contributed by atoms with Crippen LogP contribution in [0.3, 0.4) is 0 Å². The van der Waals surface area contributed by atoms with Crippen molar-refractivity contribution in [3.8, 4) is 11.4 Å². The molecule has 2 aromatic heterocycles. The first kappa shape index (κ1) is 29.4. The van der Waals surface area contributed by atoms with Crippen LogP contribution < -0.4 is 15.6 Å². The van der Waals surface area contributed by atoms with Crippen molar-refractivity contribution in [2.75, 3.05) is 44.8 Å². The van der Waals surface area contributed by atoms with Gasteiger partial charge in [0.25, 0.3) is 11.5 Å². The molecular weight excluding hydrogens is 584 g/mol. The molecule has 1 N–H and O–H groups in total. The van der Waals surface area contributed by atoms with E-state index in [2.05, 4.69) is 10.4 Å². The fourth-order valence-corrected chi connectivity index (χ4v) is 6.75. The first-order valence-electron chi connectivity index (χ1n) is 13.2. The molecule has 0 aliphatic carbocycles. The van der Waals surface area contributed by atoms with E-state index in [1.807, 2.05) is 6.92 Å². The molecule has 4 aromatic rings. The Kier molecular flexibility index (Phi) is 8.68. The number of hydrogen-bond acceptors (Lipinski definition) is 10. The third-order valence-corrected chi connectivity index (χ3v) is 9.27. The molecule has 42 heavy (non-hydrogen) atoms. The number of aromatic nitrogens is 2. The molecular formula is C28H28N4O8S2. The van der Waals surface area contributed by atoms with Crippen molar-refractivity contribution < 1.29 is 32.2 Å². The van der Waals surface area contributed by atoms with Crippen LogP contribution in [-0.4, -0.2) is 73.9 Å². The van der Waals surface area contributed by atoms with Crippen LogP contribution in [0.5, 0.6) is 5.75 Å². The Morgan fingerprint density at radius 2 is 1.71 bits per heavy atom. The van der Waals surface area contributed by atoms with Gasteiger partial charge in [-0.1, -0.05) is 0 Å². The fourth-order valence-electron chi connectivity index (χ4n) is 4.41. The van der Waals surface area contributed by atoms with Crippen molar-refractivity contribution >= 4 is 49.0 Å². The number of nitrogens with zero attached hydrogens (tertiary/aromatic N) is 3. The standard InChI is InChI=1S/C28H28N4O8S2/c1-3-39-20-9-7-19(8-10-20)32-27(34)23-22(24(30-32)28(35)40-4-2)17-41-26(23)29-25(33)18-5-11-21(12-6-18)42(36,37)31-13-15-38-16-14-31/h5-12,17H,3-4,13-16H2,1-2H3,(H,29,33). The number of ether oxygens (including phenoxy) is 3. The van der Waals surface area contributed by atoms with E-state index in [1.165, 1.54) is 28.6 Å². The van der Waals surface area contributed by atoms with Gasteiger partial charge in [-0.2, -0.15) is 14.1 Å². The molecule has 0 atom stereocenters. The molecule has 1 saturated heterocycles. The van der Waals surface area contributed by atoms with Crippen molar-refractivity contribution in [2.24, 2.45) is 0 Å². The van der Waals surface area contributed by atoms with E-state index in [9.17, 15) is 22.8 Å². The van der Waals surface area contributed by atoms with E-state index in [4.69, 9.17) is 14.2 Å². The quantitative estimate of drug-likeness (QED) is 0.281. The van der Waals surface area contributed by atoms with Gasteiger partial charge in [0.05, 0.1) is 42.4 Å². The number of sulfonamides is 1. The van der Waals surface area contributed by atoms with Crippen molar-refractivity contribution in [2.45, 2.75) is 18.7 Å². The molecule has 0 bridgehead atoms. The van der Waals surface area contributed by atoms with Crippen LogP contribution in [0.1, 0.15) is 34.7 Å². The number of esters is 1. The normalized spacial score (nSPS) is 14.0.